The molecule has 0 saturated carbocycles. The van der Waals surface area contributed by atoms with Crippen LogP contribution in [0.3, 0.4) is 0 Å². The Balaban J connectivity index is 1.56. The molecule has 2 aromatic rings. The van der Waals surface area contributed by atoms with Crippen LogP contribution < -0.4 is 20.3 Å². The van der Waals surface area contributed by atoms with Crippen molar-refractivity contribution in [1.82, 2.24) is 15.8 Å². The van der Waals surface area contributed by atoms with Gasteiger partial charge >= 0.3 is 6.61 Å². The fraction of sp³-hybridized carbons (Fsp3) is 0.412. The minimum Gasteiger partial charge on any atom is -0.433 e. The van der Waals surface area contributed by atoms with Gasteiger partial charge in [0.05, 0.1) is 12.2 Å². The number of rotatable bonds is 6. The molecular formula is C17H21F2N5O2. The number of hydrogen-bond donors (Lipinski definition) is 2. The van der Waals surface area contributed by atoms with Crippen molar-refractivity contribution >= 4 is 11.6 Å². The molecule has 9 heteroatoms. The maximum Gasteiger partial charge on any atom is 0.387 e. The Morgan fingerprint density at radius 2 is 2.27 bits per heavy atom. The minimum absolute atomic E-state index is 0.137. The van der Waals surface area contributed by atoms with Gasteiger partial charge in [-0.2, -0.15) is 8.78 Å². The molecule has 1 aromatic heterocycles. The normalized spacial score (nSPS) is 17.6. The van der Waals surface area contributed by atoms with Crippen molar-refractivity contribution < 1.29 is 18.0 Å². The minimum atomic E-state index is -2.84. The predicted molar refractivity (Wildman–Crippen MR) is 93.5 cm³/mol. The second-order valence-corrected chi connectivity index (χ2v) is 5.84. The third-order valence-corrected chi connectivity index (χ3v) is 4.10. The van der Waals surface area contributed by atoms with Crippen molar-refractivity contribution in [3.05, 3.63) is 42.3 Å². The average Bonchev–Trinajstić information content (AvgIpc) is 3.30. The number of aromatic nitrogens is 1. The van der Waals surface area contributed by atoms with Crippen molar-refractivity contribution in [2.45, 2.75) is 25.6 Å². The monoisotopic (exact) mass is 365 g/mol. The molecule has 3 rings (SSSR count). The third kappa shape index (κ3) is 4.62. The van der Waals surface area contributed by atoms with E-state index in [0.717, 1.165) is 18.7 Å². The quantitative estimate of drug-likeness (QED) is 0.604. The average molecular weight is 365 g/mol. The number of alkyl halides is 2. The summed E-state index contributed by atoms with van der Waals surface area (Å²) < 4.78 is 34.6. The van der Waals surface area contributed by atoms with E-state index in [-0.39, 0.29) is 11.8 Å². The summed E-state index contributed by atoms with van der Waals surface area (Å²) in [6.07, 6.45) is 2.37. The van der Waals surface area contributed by atoms with E-state index >= 15 is 0 Å². The summed E-state index contributed by atoms with van der Waals surface area (Å²) in [4.78, 5) is 6.23. The Bertz CT molecular complexity index is 724. The summed E-state index contributed by atoms with van der Waals surface area (Å²) in [6.45, 7) is -0.944. The molecule has 1 aromatic carbocycles. The number of guanidine groups is 1. The van der Waals surface area contributed by atoms with Gasteiger partial charge in [0.1, 0.15) is 17.7 Å². The number of hydrogen-bond acceptors (Lipinski definition) is 5. The van der Waals surface area contributed by atoms with Gasteiger partial charge < -0.3 is 24.8 Å². The first kappa shape index (κ1) is 18.0. The van der Waals surface area contributed by atoms with Gasteiger partial charge in [0.15, 0.2) is 5.96 Å². The molecule has 140 valence electrons. The molecule has 1 fully saturated rings. The topological polar surface area (TPSA) is 74.9 Å². The Labute approximate surface area is 150 Å². The largest absolute Gasteiger partial charge is 0.433 e. The van der Waals surface area contributed by atoms with E-state index in [4.69, 9.17) is 4.52 Å². The fourth-order valence-electron chi connectivity index (χ4n) is 2.90. The zero-order valence-corrected chi connectivity index (χ0v) is 14.4. The fourth-order valence-corrected chi connectivity index (χ4v) is 2.90. The third-order valence-electron chi connectivity index (χ3n) is 4.10. The van der Waals surface area contributed by atoms with Crippen LogP contribution in [0.5, 0.6) is 5.75 Å². The number of nitrogens with one attached hydrogen (secondary N) is 2. The molecule has 2 N–H and O–H groups in total. The van der Waals surface area contributed by atoms with Gasteiger partial charge in [-0.15, -0.1) is 0 Å². The molecular weight excluding hydrogens is 344 g/mol. The van der Waals surface area contributed by atoms with Gasteiger partial charge in [-0.05, 0) is 18.6 Å². The van der Waals surface area contributed by atoms with Crippen LogP contribution in [0.1, 0.15) is 12.1 Å². The van der Waals surface area contributed by atoms with E-state index in [1.54, 1.807) is 31.3 Å². The van der Waals surface area contributed by atoms with Gasteiger partial charge in [0, 0.05) is 32.2 Å². The van der Waals surface area contributed by atoms with Crippen molar-refractivity contribution in [2.75, 3.05) is 25.0 Å². The standard InChI is InChI=1S/C17H21F2N5O2/c1-20-17(21-10-12-7-9-25-23-12)22-13-6-8-24(11-13)14-4-2-3-5-15(14)26-16(18)19/h2-5,7,9,13,16H,6,8,10-11H2,1H3,(H2,20,21,22). The number of aliphatic imine (C=N–C) groups is 1. The summed E-state index contributed by atoms with van der Waals surface area (Å²) in [7, 11) is 1.69. The Morgan fingerprint density at radius 3 is 3.00 bits per heavy atom. The van der Waals surface area contributed by atoms with Crippen LogP contribution in [-0.2, 0) is 6.54 Å². The summed E-state index contributed by atoms with van der Waals surface area (Å²) in [5.74, 6) is 0.841. The highest BCUT2D eigenvalue weighted by atomic mass is 19.3. The molecule has 1 atom stereocenters. The summed E-state index contributed by atoms with van der Waals surface area (Å²) >= 11 is 0. The van der Waals surface area contributed by atoms with Crippen molar-refractivity contribution in [1.29, 1.82) is 0 Å². The highest BCUT2D eigenvalue weighted by molar-refractivity contribution is 5.80. The molecule has 1 saturated heterocycles. The van der Waals surface area contributed by atoms with Gasteiger partial charge in [-0.1, -0.05) is 17.3 Å². The van der Waals surface area contributed by atoms with Crippen LogP contribution in [0.4, 0.5) is 14.5 Å². The highest BCUT2D eigenvalue weighted by Crippen LogP contribution is 2.31. The predicted octanol–water partition coefficient (Wildman–Crippen LogP) is 2.22. The number of para-hydroxylation sites is 2. The number of halogens is 2. The van der Waals surface area contributed by atoms with Gasteiger partial charge in [-0.25, -0.2) is 0 Å². The number of ether oxygens (including phenoxy) is 1. The Hall–Kier alpha value is -2.84. The lowest BCUT2D eigenvalue weighted by Crippen LogP contribution is -2.44. The summed E-state index contributed by atoms with van der Waals surface area (Å²) in [5.41, 5.74) is 1.45. The first-order valence-corrected chi connectivity index (χ1v) is 8.31. The van der Waals surface area contributed by atoms with E-state index < -0.39 is 6.61 Å². The maximum atomic E-state index is 12.6. The maximum absolute atomic E-state index is 12.6. The molecule has 0 radical (unpaired) electrons. The second kappa shape index (κ2) is 8.50. The van der Waals surface area contributed by atoms with Crippen molar-refractivity contribution in [3.8, 4) is 5.75 Å². The Kier molecular flexibility index (Phi) is 5.88. The molecule has 1 aliphatic heterocycles. The van der Waals surface area contributed by atoms with Crippen LogP contribution >= 0.6 is 0 Å². The van der Waals surface area contributed by atoms with Crippen LogP contribution in [0.2, 0.25) is 0 Å². The number of anilines is 1. The molecule has 7 nitrogen and oxygen atoms in total. The molecule has 26 heavy (non-hydrogen) atoms. The summed E-state index contributed by atoms with van der Waals surface area (Å²) in [5, 5.41) is 10.3. The van der Waals surface area contributed by atoms with E-state index in [1.165, 1.54) is 6.26 Å². The Morgan fingerprint density at radius 1 is 1.42 bits per heavy atom. The molecule has 1 unspecified atom stereocenters. The van der Waals surface area contributed by atoms with Crippen molar-refractivity contribution in [2.24, 2.45) is 4.99 Å². The zero-order chi connectivity index (χ0) is 18.4. The smallest absolute Gasteiger partial charge is 0.387 e. The molecule has 2 heterocycles. The number of nitrogens with zero attached hydrogens (tertiary/aromatic N) is 3. The summed E-state index contributed by atoms with van der Waals surface area (Å²) in [6, 6.07) is 8.75. The van der Waals surface area contributed by atoms with Crippen LogP contribution in [0, 0.1) is 0 Å². The van der Waals surface area contributed by atoms with E-state index in [9.17, 15) is 8.78 Å². The lowest BCUT2D eigenvalue weighted by molar-refractivity contribution is -0.0495. The van der Waals surface area contributed by atoms with Crippen molar-refractivity contribution in [3.63, 3.8) is 0 Å². The van der Waals surface area contributed by atoms with Gasteiger partial charge in [-0.3, -0.25) is 4.99 Å². The molecule has 0 spiro atoms. The highest BCUT2D eigenvalue weighted by Gasteiger charge is 2.26. The second-order valence-electron chi connectivity index (χ2n) is 5.84. The first-order valence-electron chi connectivity index (χ1n) is 8.31. The van der Waals surface area contributed by atoms with Crippen LogP contribution in [0.25, 0.3) is 0 Å². The van der Waals surface area contributed by atoms with Gasteiger partial charge in [0.25, 0.3) is 0 Å². The van der Waals surface area contributed by atoms with Crippen LogP contribution in [-0.4, -0.2) is 43.9 Å². The van der Waals surface area contributed by atoms with E-state index in [0.29, 0.717) is 24.7 Å². The first-order chi connectivity index (χ1) is 12.7. The molecule has 0 amide bonds. The lowest BCUT2D eigenvalue weighted by Gasteiger charge is -2.22. The molecule has 1 aliphatic rings. The van der Waals surface area contributed by atoms with E-state index in [2.05, 4.69) is 25.5 Å². The van der Waals surface area contributed by atoms with Gasteiger partial charge in [0.2, 0.25) is 0 Å². The SMILES string of the molecule is CN=C(NCc1ccon1)NC1CCN(c2ccccc2OC(F)F)C1. The number of benzene rings is 1. The van der Waals surface area contributed by atoms with E-state index in [1.807, 2.05) is 11.0 Å². The molecule has 0 bridgehead atoms. The molecule has 0 aliphatic carbocycles. The van der Waals surface area contributed by atoms with Crippen LogP contribution in [0.15, 0.2) is 46.1 Å². The lowest BCUT2D eigenvalue weighted by atomic mass is 10.2. The zero-order valence-electron chi connectivity index (χ0n) is 14.4.